The van der Waals surface area contributed by atoms with E-state index < -0.39 is 0 Å². The first-order valence-corrected chi connectivity index (χ1v) is 12.4. The van der Waals surface area contributed by atoms with Crippen LogP contribution in [-0.2, 0) is 10.2 Å². The Kier molecular flexibility index (Phi) is 8.54. The van der Waals surface area contributed by atoms with Gasteiger partial charge in [0.05, 0.1) is 13.2 Å². The molecule has 1 heterocycles. The molecule has 0 bridgehead atoms. The zero-order chi connectivity index (χ0) is 20.5. The van der Waals surface area contributed by atoms with Crippen molar-refractivity contribution in [3.8, 4) is 5.75 Å². The van der Waals surface area contributed by atoms with Crippen molar-refractivity contribution in [2.45, 2.75) is 62.7 Å². The molecule has 162 valence electrons. The number of hydrogen-bond acceptors (Lipinski definition) is 4. The molecule has 1 aliphatic heterocycles. The fourth-order valence-electron chi connectivity index (χ4n) is 4.40. The van der Waals surface area contributed by atoms with E-state index in [0.717, 1.165) is 56.1 Å². The number of thioether (sulfide) groups is 1. The van der Waals surface area contributed by atoms with Crippen LogP contribution in [0.4, 0.5) is 0 Å². The summed E-state index contributed by atoms with van der Waals surface area (Å²) < 4.78 is 11.3. The second kappa shape index (κ2) is 11.1. The monoisotopic (exact) mass is 419 g/mol. The number of benzene rings is 1. The van der Waals surface area contributed by atoms with Crippen LogP contribution in [0, 0.1) is 0 Å². The third-order valence-electron chi connectivity index (χ3n) is 6.17. The van der Waals surface area contributed by atoms with Gasteiger partial charge in [0.2, 0.25) is 0 Å². The summed E-state index contributed by atoms with van der Waals surface area (Å²) in [7, 11) is 0. The van der Waals surface area contributed by atoms with Gasteiger partial charge in [-0.2, -0.15) is 11.8 Å². The highest BCUT2D eigenvalue weighted by atomic mass is 32.2. The van der Waals surface area contributed by atoms with E-state index in [1.54, 1.807) is 0 Å². The van der Waals surface area contributed by atoms with E-state index >= 15 is 0 Å². The molecule has 0 radical (unpaired) electrons. The summed E-state index contributed by atoms with van der Waals surface area (Å²) in [4.78, 5) is 5.06. The SMILES string of the molecule is CCNC(=NCC1(c2ccc(OCC)cc2)CCOCC1)NC1CCC(SC)C1. The maximum Gasteiger partial charge on any atom is 0.191 e. The third-order valence-corrected chi connectivity index (χ3v) is 7.27. The summed E-state index contributed by atoms with van der Waals surface area (Å²) in [5.74, 6) is 1.89. The van der Waals surface area contributed by atoms with Gasteiger partial charge in [-0.1, -0.05) is 12.1 Å². The molecule has 0 amide bonds. The quantitative estimate of drug-likeness (QED) is 0.493. The van der Waals surface area contributed by atoms with Crippen LogP contribution in [0.2, 0.25) is 0 Å². The first kappa shape index (κ1) is 22.3. The lowest BCUT2D eigenvalue weighted by atomic mass is 9.74. The van der Waals surface area contributed by atoms with Gasteiger partial charge in [-0.15, -0.1) is 0 Å². The fourth-order valence-corrected chi connectivity index (χ4v) is 5.20. The van der Waals surface area contributed by atoms with Crippen LogP contribution in [0.15, 0.2) is 29.3 Å². The predicted molar refractivity (Wildman–Crippen MR) is 123 cm³/mol. The van der Waals surface area contributed by atoms with Gasteiger partial charge in [0, 0.05) is 36.5 Å². The molecular weight excluding hydrogens is 382 g/mol. The number of nitrogens with zero attached hydrogens (tertiary/aromatic N) is 1. The van der Waals surface area contributed by atoms with E-state index in [2.05, 4.69) is 48.1 Å². The molecular formula is C23H37N3O2S. The molecule has 1 aromatic rings. The van der Waals surface area contributed by atoms with Crippen molar-refractivity contribution in [2.24, 2.45) is 4.99 Å². The number of rotatable bonds is 8. The molecule has 0 aromatic heterocycles. The highest BCUT2D eigenvalue weighted by Gasteiger charge is 2.35. The van der Waals surface area contributed by atoms with Crippen molar-refractivity contribution < 1.29 is 9.47 Å². The van der Waals surface area contributed by atoms with Crippen LogP contribution >= 0.6 is 11.8 Å². The van der Waals surface area contributed by atoms with Crippen LogP contribution in [0.25, 0.3) is 0 Å². The Labute approximate surface area is 180 Å². The molecule has 1 aliphatic carbocycles. The van der Waals surface area contributed by atoms with Crippen molar-refractivity contribution in [1.82, 2.24) is 10.6 Å². The first-order valence-electron chi connectivity index (χ1n) is 11.1. The highest BCUT2D eigenvalue weighted by molar-refractivity contribution is 7.99. The van der Waals surface area contributed by atoms with Crippen LogP contribution < -0.4 is 15.4 Å². The number of ether oxygens (including phenoxy) is 2. The molecule has 1 aromatic carbocycles. The maximum atomic E-state index is 5.69. The van der Waals surface area contributed by atoms with Crippen LogP contribution in [-0.4, -0.2) is 56.4 Å². The van der Waals surface area contributed by atoms with Gasteiger partial charge in [0.25, 0.3) is 0 Å². The molecule has 2 atom stereocenters. The average Bonchev–Trinajstić information content (AvgIpc) is 3.21. The minimum Gasteiger partial charge on any atom is -0.494 e. The molecule has 2 aliphatic rings. The summed E-state index contributed by atoms with van der Waals surface area (Å²) in [5, 5.41) is 7.93. The van der Waals surface area contributed by atoms with Crippen molar-refractivity contribution >= 4 is 17.7 Å². The van der Waals surface area contributed by atoms with Crippen LogP contribution in [0.1, 0.15) is 51.5 Å². The molecule has 3 rings (SSSR count). The van der Waals surface area contributed by atoms with E-state index in [9.17, 15) is 0 Å². The van der Waals surface area contributed by atoms with E-state index in [0.29, 0.717) is 12.6 Å². The van der Waals surface area contributed by atoms with Crippen molar-refractivity contribution in [1.29, 1.82) is 0 Å². The van der Waals surface area contributed by atoms with E-state index in [1.807, 2.05) is 18.7 Å². The average molecular weight is 420 g/mol. The molecule has 2 fully saturated rings. The van der Waals surface area contributed by atoms with Gasteiger partial charge in [-0.25, -0.2) is 0 Å². The Hall–Kier alpha value is -1.40. The normalized spacial score (nSPS) is 24.3. The number of guanidine groups is 1. The molecule has 29 heavy (non-hydrogen) atoms. The second-order valence-corrected chi connectivity index (χ2v) is 9.20. The molecule has 6 heteroatoms. The van der Waals surface area contributed by atoms with Gasteiger partial charge in [0.1, 0.15) is 5.75 Å². The standard InChI is InChI=1S/C23H37N3O2S/c1-4-24-22(26-19-8-11-21(16-19)29-3)25-17-23(12-14-27-15-13-23)18-6-9-20(10-7-18)28-5-2/h6-7,9-10,19,21H,4-5,8,11-17H2,1-3H3,(H2,24,25,26). The summed E-state index contributed by atoms with van der Waals surface area (Å²) in [6.45, 7) is 8.09. The Bertz CT molecular complexity index is 644. The number of nitrogens with one attached hydrogen (secondary N) is 2. The molecule has 2 N–H and O–H groups in total. The molecule has 1 saturated heterocycles. The maximum absolute atomic E-state index is 5.69. The Morgan fingerprint density at radius 2 is 1.97 bits per heavy atom. The topological polar surface area (TPSA) is 54.9 Å². The lowest BCUT2D eigenvalue weighted by Crippen LogP contribution is -2.44. The lowest BCUT2D eigenvalue weighted by Gasteiger charge is -2.37. The zero-order valence-corrected chi connectivity index (χ0v) is 19.0. The van der Waals surface area contributed by atoms with Crippen molar-refractivity contribution in [2.75, 3.05) is 39.2 Å². The van der Waals surface area contributed by atoms with Gasteiger partial charge < -0.3 is 20.1 Å². The van der Waals surface area contributed by atoms with Gasteiger partial charge in [0.15, 0.2) is 5.96 Å². The van der Waals surface area contributed by atoms with Gasteiger partial charge >= 0.3 is 0 Å². The predicted octanol–water partition coefficient (Wildman–Crippen LogP) is 3.97. The van der Waals surface area contributed by atoms with Gasteiger partial charge in [-0.3, -0.25) is 4.99 Å². The van der Waals surface area contributed by atoms with Crippen LogP contribution in [0.3, 0.4) is 0 Å². The van der Waals surface area contributed by atoms with Crippen molar-refractivity contribution in [3.63, 3.8) is 0 Å². The summed E-state index contributed by atoms with van der Waals surface area (Å²) in [6, 6.07) is 9.13. The van der Waals surface area contributed by atoms with E-state index in [4.69, 9.17) is 14.5 Å². The minimum absolute atomic E-state index is 0.0306. The van der Waals surface area contributed by atoms with E-state index in [-0.39, 0.29) is 5.41 Å². The Balaban J connectivity index is 1.73. The molecule has 0 spiro atoms. The molecule has 1 saturated carbocycles. The fraction of sp³-hybridized carbons (Fsp3) is 0.696. The summed E-state index contributed by atoms with van der Waals surface area (Å²) >= 11 is 1.99. The first-order chi connectivity index (χ1) is 14.2. The Morgan fingerprint density at radius 1 is 1.21 bits per heavy atom. The largest absolute Gasteiger partial charge is 0.494 e. The minimum atomic E-state index is 0.0306. The van der Waals surface area contributed by atoms with Gasteiger partial charge in [-0.05, 0) is 69.9 Å². The zero-order valence-electron chi connectivity index (χ0n) is 18.2. The number of aliphatic imine (C=N–C) groups is 1. The lowest BCUT2D eigenvalue weighted by molar-refractivity contribution is 0.0531. The summed E-state index contributed by atoms with van der Waals surface area (Å²) in [6.07, 6.45) is 7.98. The summed E-state index contributed by atoms with van der Waals surface area (Å²) in [5.41, 5.74) is 1.37. The van der Waals surface area contributed by atoms with Crippen molar-refractivity contribution in [3.05, 3.63) is 29.8 Å². The Morgan fingerprint density at radius 3 is 2.59 bits per heavy atom. The number of hydrogen-bond donors (Lipinski definition) is 2. The smallest absolute Gasteiger partial charge is 0.191 e. The molecule has 5 nitrogen and oxygen atoms in total. The van der Waals surface area contributed by atoms with Crippen LogP contribution in [0.5, 0.6) is 5.75 Å². The highest BCUT2D eigenvalue weighted by Crippen LogP contribution is 2.36. The third kappa shape index (κ3) is 6.05. The van der Waals surface area contributed by atoms with E-state index in [1.165, 1.54) is 24.8 Å². The molecule has 2 unspecified atom stereocenters. The second-order valence-electron chi connectivity index (χ2n) is 8.06.